The van der Waals surface area contributed by atoms with Gasteiger partial charge in [-0.15, -0.1) is 11.8 Å². The van der Waals surface area contributed by atoms with Gasteiger partial charge in [0, 0.05) is 23.4 Å². The van der Waals surface area contributed by atoms with Crippen LogP contribution in [0.25, 0.3) is 0 Å². The van der Waals surface area contributed by atoms with E-state index >= 15 is 0 Å². The average Bonchev–Trinajstić information content (AvgIpc) is 2.76. The van der Waals surface area contributed by atoms with Gasteiger partial charge in [0.15, 0.2) is 0 Å². The van der Waals surface area contributed by atoms with Gasteiger partial charge in [0.05, 0.1) is 5.75 Å². The summed E-state index contributed by atoms with van der Waals surface area (Å²) in [5, 5.41) is 3.63. The second kappa shape index (κ2) is 12.8. The largest absolute Gasteiger partial charge is 0.352 e. The molecule has 0 aromatic heterocycles. The zero-order valence-corrected chi connectivity index (χ0v) is 20.4. The van der Waals surface area contributed by atoms with Crippen LogP contribution in [0, 0.1) is 6.92 Å². The van der Waals surface area contributed by atoms with Gasteiger partial charge in [0.25, 0.3) is 0 Å². The summed E-state index contributed by atoms with van der Waals surface area (Å²) in [4.78, 5) is 27.9. The van der Waals surface area contributed by atoms with Crippen LogP contribution >= 0.6 is 23.4 Å². The van der Waals surface area contributed by atoms with Gasteiger partial charge in [-0.1, -0.05) is 73.5 Å². The minimum Gasteiger partial charge on any atom is -0.352 e. The molecule has 4 nitrogen and oxygen atoms in total. The lowest BCUT2D eigenvalue weighted by Gasteiger charge is -2.31. The Morgan fingerprint density at radius 1 is 1.06 bits per heavy atom. The van der Waals surface area contributed by atoms with Crippen molar-refractivity contribution in [1.82, 2.24) is 10.2 Å². The Bertz CT molecular complexity index is 857. The number of hydrogen-bond donors (Lipinski definition) is 1. The Balaban J connectivity index is 2.14. The van der Waals surface area contributed by atoms with Crippen LogP contribution in [0.5, 0.6) is 0 Å². The number of hydrogen-bond acceptors (Lipinski definition) is 3. The lowest BCUT2D eigenvalue weighted by molar-refractivity contribution is -0.139. The van der Waals surface area contributed by atoms with E-state index in [2.05, 4.69) is 36.5 Å². The third-order valence-corrected chi connectivity index (χ3v) is 6.66. The molecule has 2 aromatic carbocycles. The summed E-state index contributed by atoms with van der Waals surface area (Å²) in [6.45, 7) is 8.31. The maximum absolute atomic E-state index is 13.2. The maximum atomic E-state index is 13.2. The fourth-order valence-corrected chi connectivity index (χ4v) is 4.26. The quantitative estimate of drug-likeness (QED) is 0.474. The molecule has 0 bridgehead atoms. The van der Waals surface area contributed by atoms with Crippen molar-refractivity contribution in [2.24, 2.45) is 0 Å². The van der Waals surface area contributed by atoms with E-state index in [4.69, 9.17) is 11.6 Å². The van der Waals surface area contributed by atoms with Crippen LogP contribution < -0.4 is 5.32 Å². The summed E-state index contributed by atoms with van der Waals surface area (Å²) in [7, 11) is 0. The van der Waals surface area contributed by atoms with Gasteiger partial charge in [-0.3, -0.25) is 9.59 Å². The minimum absolute atomic E-state index is 0.0526. The van der Waals surface area contributed by atoms with Gasteiger partial charge < -0.3 is 10.2 Å². The first kappa shape index (κ1) is 25.3. The Morgan fingerprint density at radius 3 is 2.35 bits per heavy atom. The minimum atomic E-state index is -0.530. The molecule has 1 N–H and O–H groups in total. The fraction of sp³-hybridized carbons (Fsp3) is 0.440. The van der Waals surface area contributed by atoms with Crippen molar-refractivity contribution < 1.29 is 9.59 Å². The summed E-state index contributed by atoms with van der Waals surface area (Å²) < 4.78 is 0. The van der Waals surface area contributed by atoms with Crippen LogP contribution in [-0.2, 0) is 21.9 Å². The van der Waals surface area contributed by atoms with E-state index in [9.17, 15) is 9.59 Å². The molecule has 0 saturated carbocycles. The maximum Gasteiger partial charge on any atom is 0.243 e. The highest BCUT2D eigenvalue weighted by molar-refractivity contribution is 7.99. The van der Waals surface area contributed by atoms with E-state index in [1.807, 2.05) is 45.0 Å². The smallest absolute Gasteiger partial charge is 0.243 e. The van der Waals surface area contributed by atoms with Crippen LogP contribution in [0.2, 0.25) is 5.02 Å². The molecule has 0 aliphatic carbocycles. The summed E-state index contributed by atoms with van der Waals surface area (Å²) in [6.07, 6.45) is 1.38. The standard InChI is InChI=1S/C25H33ClN2O2S/c1-5-19(4)27-25(30)23(6-2)28(15-21-9-7-8-10-22(21)26)24(29)17-31-16-20-13-11-18(3)12-14-20/h7-14,19,23H,5-6,15-17H2,1-4H3,(H,27,30)/t19-,23+/m1/s1. The van der Waals surface area contributed by atoms with Crippen molar-refractivity contribution in [2.45, 2.75) is 64.9 Å². The van der Waals surface area contributed by atoms with Gasteiger partial charge in [-0.25, -0.2) is 0 Å². The molecular formula is C25H33ClN2O2S. The molecule has 0 unspecified atom stereocenters. The van der Waals surface area contributed by atoms with Crippen molar-refractivity contribution in [3.8, 4) is 0 Å². The zero-order valence-electron chi connectivity index (χ0n) is 18.9. The number of nitrogens with one attached hydrogen (secondary N) is 1. The molecule has 0 heterocycles. The monoisotopic (exact) mass is 460 g/mol. The summed E-state index contributed by atoms with van der Waals surface area (Å²) in [5.41, 5.74) is 3.24. The number of halogens is 1. The van der Waals surface area contributed by atoms with Crippen molar-refractivity contribution in [3.63, 3.8) is 0 Å². The first-order chi connectivity index (χ1) is 14.8. The highest BCUT2D eigenvalue weighted by atomic mass is 35.5. The number of benzene rings is 2. The second-order valence-corrected chi connectivity index (χ2v) is 9.23. The molecule has 0 saturated heterocycles. The molecule has 0 fully saturated rings. The molecule has 6 heteroatoms. The van der Waals surface area contributed by atoms with Crippen molar-refractivity contribution in [2.75, 3.05) is 5.75 Å². The second-order valence-electron chi connectivity index (χ2n) is 7.83. The van der Waals surface area contributed by atoms with Gasteiger partial charge in [-0.05, 0) is 43.9 Å². The van der Waals surface area contributed by atoms with Crippen LogP contribution in [0.1, 0.15) is 50.3 Å². The molecule has 0 radical (unpaired) electrons. The lowest BCUT2D eigenvalue weighted by Crippen LogP contribution is -2.51. The number of amides is 2. The van der Waals surface area contributed by atoms with E-state index in [0.29, 0.717) is 23.7 Å². The van der Waals surface area contributed by atoms with E-state index in [1.54, 1.807) is 16.7 Å². The van der Waals surface area contributed by atoms with Gasteiger partial charge in [0.1, 0.15) is 6.04 Å². The third-order valence-electron chi connectivity index (χ3n) is 5.30. The summed E-state index contributed by atoms with van der Waals surface area (Å²) in [6, 6.07) is 15.3. The topological polar surface area (TPSA) is 49.4 Å². The predicted octanol–water partition coefficient (Wildman–Crippen LogP) is 5.60. The molecule has 2 atom stereocenters. The van der Waals surface area contributed by atoms with Gasteiger partial charge >= 0.3 is 0 Å². The predicted molar refractivity (Wildman–Crippen MR) is 131 cm³/mol. The van der Waals surface area contributed by atoms with E-state index in [-0.39, 0.29) is 17.9 Å². The first-order valence-electron chi connectivity index (χ1n) is 10.8. The molecule has 2 amide bonds. The molecule has 2 rings (SSSR count). The molecule has 0 aliphatic rings. The molecule has 168 valence electrons. The molecule has 31 heavy (non-hydrogen) atoms. The number of aryl methyl sites for hydroxylation is 1. The number of nitrogens with zero attached hydrogens (tertiary/aromatic N) is 1. The van der Waals surface area contributed by atoms with Crippen molar-refractivity contribution in [1.29, 1.82) is 0 Å². The van der Waals surface area contributed by atoms with E-state index in [0.717, 1.165) is 17.7 Å². The fourth-order valence-electron chi connectivity index (χ4n) is 3.19. The van der Waals surface area contributed by atoms with Crippen molar-refractivity contribution >= 4 is 35.2 Å². The molecule has 2 aromatic rings. The van der Waals surface area contributed by atoms with Crippen LogP contribution in [0.4, 0.5) is 0 Å². The average molecular weight is 461 g/mol. The number of thioether (sulfide) groups is 1. The van der Waals surface area contributed by atoms with Gasteiger partial charge in [-0.2, -0.15) is 0 Å². The van der Waals surface area contributed by atoms with Gasteiger partial charge in [0.2, 0.25) is 11.8 Å². The number of carbonyl (C=O) groups excluding carboxylic acids is 2. The van der Waals surface area contributed by atoms with Crippen LogP contribution in [0.3, 0.4) is 0 Å². The summed E-state index contributed by atoms with van der Waals surface area (Å²) in [5.74, 6) is 0.900. The van der Waals surface area contributed by atoms with E-state index < -0.39 is 6.04 Å². The lowest BCUT2D eigenvalue weighted by atomic mass is 10.1. The Morgan fingerprint density at radius 2 is 1.74 bits per heavy atom. The van der Waals surface area contributed by atoms with Crippen LogP contribution in [0.15, 0.2) is 48.5 Å². The van der Waals surface area contributed by atoms with Crippen molar-refractivity contribution in [3.05, 3.63) is 70.2 Å². The number of rotatable bonds is 11. The Kier molecular flexibility index (Phi) is 10.4. The molecule has 0 spiro atoms. The Labute approximate surface area is 195 Å². The molecule has 0 aliphatic heterocycles. The number of carbonyl (C=O) groups is 2. The van der Waals surface area contributed by atoms with E-state index in [1.165, 1.54) is 11.1 Å². The highest BCUT2D eigenvalue weighted by Gasteiger charge is 2.29. The third kappa shape index (κ3) is 7.89. The SMILES string of the molecule is CC[C@@H](C)NC(=O)[C@H](CC)N(Cc1ccccc1Cl)C(=O)CSCc1ccc(C)cc1. The summed E-state index contributed by atoms with van der Waals surface area (Å²) >= 11 is 7.93. The Hall–Kier alpha value is -1.98. The normalized spacial score (nSPS) is 12.8. The molecular weight excluding hydrogens is 428 g/mol. The van der Waals surface area contributed by atoms with Crippen LogP contribution in [-0.4, -0.2) is 34.6 Å². The highest BCUT2D eigenvalue weighted by Crippen LogP contribution is 2.21. The first-order valence-corrected chi connectivity index (χ1v) is 12.4. The zero-order chi connectivity index (χ0) is 22.8.